The maximum atomic E-state index is 13.0. The smallest absolute Gasteiger partial charge is 0.270 e. The Bertz CT molecular complexity index is 1170. The molecule has 2 aromatic carbocycles. The summed E-state index contributed by atoms with van der Waals surface area (Å²) in [7, 11) is 1.63. The monoisotopic (exact) mass is 398 g/mol. The molecule has 0 saturated carbocycles. The summed E-state index contributed by atoms with van der Waals surface area (Å²) in [5, 5.41) is 7.67. The van der Waals surface area contributed by atoms with Gasteiger partial charge in [-0.15, -0.1) is 0 Å². The molecular formula is C24H22N4O2. The Morgan fingerprint density at radius 2 is 1.90 bits per heavy atom. The standard InChI is InChI=1S/C24H22N4O2/c1-17-7-5-10-20(13-17)28-23(24(29)26-16-19-9-3-4-12-25-19)15-22(27-28)18-8-6-11-21(14-18)30-2/h3-15H,16H2,1-2H3,(H,26,29). The number of nitrogens with zero attached hydrogens (tertiary/aromatic N) is 3. The van der Waals surface area contributed by atoms with E-state index in [0.29, 0.717) is 17.9 Å². The van der Waals surface area contributed by atoms with E-state index in [1.807, 2.05) is 73.7 Å². The molecule has 4 aromatic rings. The predicted molar refractivity (Wildman–Crippen MR) is 116 cm³/mol. The second-order valence-corrected chi connectivity index (χ2v) is 6.90. The molecule has 4 rings (SSSR count). The number of rotatable bonds is 6. The van der Waals surface area contributed by atoms with Gasteiger partial charge in [0.1, 0.15) is 11.4 Å². The van der Waals surface area contributed by atoms with Gasteiger partial charge in [-0.3, -0.25) is 9.78 Å². The summed E-state index contributed by atoms with van der Waals surface area (Å²) >= 11 is 0. The van der Waals surface area contributed by atoms with Gasteiger partial charge in [0.05, 0.1) is 30.7 Å². The van der Waals surface area contributed by atoms with Crippen LogP contribution < -0.4 is 10.1 Å². The van der Waals surface area contributed by atoms with Crippen molar-refractivity contribution in [1.29, 1.82) is 0 Å². The first-order valence-corrected chi connectivity index (χ1v) is 9.63. The second-order valence-electron chi connectivity index (χ2n) is 6.90. The van der Waals surface area contributed by atoms with Crippen LogP contribution in [0.4, 0.5) is 0 Å². The number of carbonyl (C=O) groups is 1. The molecule has 6 heteroatoms. The first-order valence-electron chi connectivity index (χ1n) is 9.63. The lowest BCUT2D eigenvalue weighted by molar-refractivity contribution is 0.0942. The number of hydrogen-bond acceptors (Lipinski definition) is 4. The van der Waals surface area contributed by atoms with Gasteiger partial charge in [0.25, 0.3) is 5.91 Å². The van der Waals surface area contributed by atoms with Gasteiger partial charge in [0.2, 0.25) is 0 Å². The number of hydrogen-bond donors (Lipinski definition) is 1. The van der Waals surface area contributed by atoms with Crippen LogP contribution in [0.5, 0.6) is 5.75 Å². The summed E-state index contributed by atoms with van der Waals surface area (Å²) in [5.74, 6) is 0.516. The lowest BCUT2D eigenvalue weighted by Gasteiger charge is -2.09. The molecule has 0 aliphatic heterocycles. The number of amides is 1. The van der Waals surface area contributed by atoms with E-state index < -0.39 is 0 Å². The zero-order valence-electron chi connectivity index (χ0n) is 16.9. The Balaban J connectivity index is 1.71. The van der Waals surface area contributed by atoms with E-state index in [-0.39, 0.29) is 5.91 Å². The molecule has 1 amide bonds. The van der Waals surface area contributed by atoms with Gasteiger partial charge >= 0.3 is 0 Å². The maximum absolute atomic E-state index is 13.0. The molecule has 0 aliphatic carbocycles. The minimum atomic E-state index is -0.219. The largest absolute Gasteiger partial charge is 0.497 e. The third-order valence-corrected chi connectivity index (χ3v) is 4.71. The fraction of sp³-hybridized carbons (Fsp3) is 0.125. The van der Waals surface area contributed by atoms with E-state index in [9.17, 15) is 4.79 Å². The van der Waals surface area contributed by atoms with Gasteiger partial charge in [-0.25, -0.2) is 4.68 Å². The lowest BCUT2D eigenvalue weighted by Crippen LogP contribution is -2.25. The molecule has 0 saturated heterocycles. The average Bonchev–Trinajstić information content (AvgIpc) is 3.24. The van der Waals surface area contributed by atoms with Gasteiger partial charge in [0.15, 0.2) is 0 Å². The van der Waals surface area contributed by atoms with Crippen LogP contribution in [0.3, 0.4) is 0 Å². The first kappa shape index (κ1) is 19.4. The van der Waals surface area contributed by atoms with Crippen molar-refractivity contribution < 1.29 is 9.53 Å². The maximum Gasteiger partial charge on any atom is 0.270 e. The van der Waals surface area contributed by atoms with E-state index in [4.69, 9.17) is 9.84 Å². The van der Waals surface area contributed by atoms with Gasteiger partial charge in [-0.05, 0) is 55.0 Å². The minimum absolute atomic E-state index is 0.219. The number of aromatic nitrogens is 3. The summed E-state index contributed by atoms with van der Waals surface area (Å²) < 4.78 is 7.00. The van der Waals surface area contributed by atoms with Crippen molar-refractivity contribution in [2.45, 2.75) is 13.5 Å². The van der Waals surface area contributed by atoms with Crippen LogP contribution in [-0.2, 0) is 6.54 Å². The highest BCUT2D eigenvalue weighted by Gasteiger charge is 2.18. The first-order chi connectivity index (χ1) is 14.6. The van der Waals surface area contributed by atoms with Gasteiger partial charge < -0.3 is 10.1 Å². The molecule has 0 atom stereocenters. The number of carbonyl (C=O) groups excluding carboxylic acids is 1. The zero-order chi connectivity index (χ0) is 20.9. The van der Waals surface area contributed by atoms with Crippen LogP contribution in [0.2, 0.25) is 0 Å². The molecule has 2 heterocycles. The fourth-order valence-electron chi connectivity index (χ4n) is 3.19. The van der Waals surface area contributed by atoms with Crippen molar-refractivity contribution in [3.8, 4) is 22.7 Å². The number of benzene rings is 2. The van der Waals surface area contributed by atoms with Gasteiger partial charge in [-0.1, -0.05) is 30.3 Å². The van der Waals surface area contributed by atoms with Crippen LogP contribution in [0.1, 0.15) is 21.7 Å². The normalized spacial score (nSPS) is 10.6. The van der Waals surface area contributed by atoms with Gasteiger partial charge in [0, 0.05) is 11.8 Å². The highest BCUT2D eigenvalue weighted by molar-refractivity contribution is 5.94. The van der Waals surface area contributed by atoms with Crippen LogP contribution in [0.25, 0.3) is 16.9 Å². The SMILES string of the molecule is COc1cccc(-c2cc(C(=O)NCc3ccccn3)n(-c3cccc(C)c3)n2)c1. The molecule has 0 spiro atoms. The van der Waals surface area contributed by atoms with E-state index in [2.05, 4.69) is 10.3 Å². The Hall–Kier alpha value is -3.93. The Labute approximate surface area is 175 Å². The number of ether oxygens (including phenoxy) is 1. The molecule has 0 aliphatic rings. The van der Waals surface area contributed by atoms with E-state index >= 15 is 0 Å². The van der Waals surface area contributed by atoms with Crippen LogP contribution in [0, 0.1) is 6.92 Å². The minimum Gasteiger partial charge on any atom is -0.497 e. The summed E-state index contributed by atoms with van der Waals surface area (Å²) in [6.07, 6.45) is 1.71. The van der Waals surface area contributed by atoms with Crippen LogP contribution in [0.15, 0.2) is 79.0 Å². The van der Waals surface area contributed by atoms with Crippen LogP contribution in [-0.4, -0.2) is 27.8 Å². The second kappa shape index (κ2) is 8.61. The predicted octanol–water partition coefficient (Wildman–Crippen LogP) is 4.18. The Morgan fingerprint density at radius 3 is 2.67 bits per heavy atom. The summed E-state index contributed by atoms with van der Waals surface area (Å²) in [6, 6.07) is 22.9. The van der Waals surface area contributed by atoms with E-state index in [1.54, 1.807) is 24.1 Å². The molecule has 0 fully saturated rings. The van der Waals surface area contributed by atoms with Gasteiger partial charge in [-0.2, -0.15) is 5.10 Å². The topological polar surface area (TPSA) is 69.0 Å². The summed E-state index contributed by atoms with van der Waals surface area (Å²) in [5.41, 5.74) is 4.73. The fourth-order valence-corrected chi connectivity index (χ4v) is 3.19. The Kier molecular flexibility index (Phi) is 5.57. The van der Waals surface area contributed by atoms with Crippen molar-refractivity contribution in [3.63, 3.8) is 0 Å². The highest BCUT2D eigenvalue weighted by Crippen LogP contribution is 2.25. The van der Waals surface area contributed by atoms with Crippen molar-refractivity contribution in [2.24, 2.45) is 0 Å². The van der Waals surface area contributed by atoms with E-state index in [1.165, 1.54) is 0 Å². The molecule has 0 unspecified atom stereocenters. The Morgan fingerprint density at radius 1 is 1.03 bits per heavy atom. The van der Waals surface area contributed by atoms with Crippen molar-refractivity contribution in [2.75, 3.05) is 7.11 Å². The summed E-state index contributed by atoms with van der Waals surface area (Å²) in [6.45, 7) is 2.35. The van der Waals surface area contributed by atoms with Crippen LogP contribution >= 0.6 is 0 Å². The molecular weight excluding hydrogens is 376 g/mol. The van der Waals surface area contributed by atoms with Crippen molar-refractivity contribution in [3.05, 3.63) is 95.9 Å². The lowest BCUT2D eigenvalue weighted by atomic mass is 10.1. The third kappa shape index (κ3) is 4.22. The summed E-state index contributed by atoms with van der Waals surface area (Å²) in [4.78, 5) is 17.3. The van der Waals surface area contributed by atoms with Crippen molar-refractivity contribution >= 4 is 5.91 Å². The van der Waals surface area contributed by atoms with E-state index in [0.717, 1.165) is 28.3 Å². The quantitative estimate of drug-likeness (QED) is 0.529. The molecule has 0 bridgehead atoms. The molecule has 2 aromatic heterocycles. The zero-order valence-corrected chi connectivity index (χ0v) is 16.9. The molecule has 1 N–H and O–H groups in total. The molecule has 0 radical (unpaired) electrons. The number of aryl methyl sites for hydroxylation is 1. The van der Waals surface area contributed by atoms with Crippen molar-refractivity contribution in [1.82, 2.24) is 20.1 Å². The molecule has 6 nitrogen and oxygen atoms in total. The number of nitrogens with one attached hydrogen (secondary N) is 1. The number of methoxy groups -OCH3 is 1. The number of pyridine rings is 1. The average molecular weight is 398 g/mol. The highest BCUT2D eigenvalue weighted by atomic mass is 16.5. The molecule has 30 heavy (non-hydrogen) atoms. The molecule has 150 valence electrons. The third-order valence-electron chi connectivity index (χ3n) is 4.71.